The standard InChI is InChI=1S/C7H11N3O2S/c1-5(2)10-4-8-9-7(10)13-3-6(11)12/h4-5H,3H2,1-2H3,(H,11,12). The molecule has 0 fully saturated rings. The van der Waals surface area contributed by atoms with Crippen molar-refractivity contribution in [3.63, 3.8) is 0 Å². The molecule has 0 aliphatic rings. The molecule has 0 amide bonds. The largest absolute Gasteiger partial charge is 0.481 e. The van der Waals surface area contributed by atoms with Crippen LogP contribution in [0.25, 0.3) is 0 Å². The molecule has 0 aliphatic carbocycles. The Morgan fingerprint density at radius 2 is 2.46 bits per heavy atom. The van der Waals surface area contributed by atoms with Crippen molar-refractivity contribution in [1.29, 1.82) is 0 Å². The van der Waals surface area contributed by atoms with Gasteiger partial charge in [-0.2, -0.15) is 0 Å². The Hall–Kier alpha value is -1.04. The lowest BCUT2D eigenvalue weighted by Crippen LogP contribution is -2.04. The summed E-state index contributed by atoms with van der Waals surface area (Å²) in [6.45, 7) is 3.99. The molecular formula is C7H11N3O2S. The molecule has 0 aromatic carbocycles. The lowest BCUT2D eigenvalue weighted by molar-refractivity contribution is -0.133. The van der Waals surface area contributed by atoms with Gasteiger partial charge in [0.25, 0.3) is 0 Å². The van der Waals surface area contributed by atoms with Gasteiger partial charge in [-0.25, -0.2) is 0 Å². The van der Waals surface area contributed by atoms with Crippen molar-refractivity contribution in [2.24, 2.45) is 0 Å². The van der Waals surface area contributed by atoms with Crippen molar-refractivity contribution in [3.05, 3.63) is 6.33 Å². The van der Waals surface area contributed by atoms with Gasteiger partial charge in [0.1, 0.15) is 6.33 Å². The average molecular weight is 201 g/mol. The summed E-state index contributed by atoms with van der Waals surface area (Å²) < 4.78 is 1.84. The molecule has 1 rings (SSSR count). The highest BCUT2D eigenvalue weighted by molar-refractivity contribution is 7.99. The van der Waals surface area contributed by atoms with Gasteiger partial charge in [0.2, 0.25) is 0 Å². The Labute approximate surface area is 80.2 Å². The van der Waals surface area contributed by atoms with Gasteiger partial charge in [-0.15, -0.1) is 10.2 Å². The van der Waals surface area contributed by atoms with Crippen LogP contribution in [0.1, 0.15) is 19.9 Å². The third kappa shape index (κ3) is 2.73. The Morgan fingerprint density at radius 1 is 1.77 bits per heavy atom. The molecular weight excluding hydrogens is 190 g/mol. The second-order valence-corrected chi connectivity index (χ2v) is 3.74. The SMILES string of the molecule is CC(C)n1cnnc1SCC(=O)O. The zero-order valence-corrected chi connectivity index (χ0v) is 8.28. The number of hydrogen-bond acceptors (Lipinski definition) is 4. The van der Waals surface area contributed by atoms with Gasteiger partial charge < -0.3 is 9.67 Å². The Kier molecular flexibility index (Phi) is 3.30. The molecule has 0 atom stereocenters. The first-order valence-corrected chi connectivity index (χ1v) is 4.84. The third-order valence-corrected chi connectivity index (χ3v) is 2.36. The topological polar surface area (TPSA) is 68.0 Å². The summed E-state index contributed by atoms with van der Waals surface area (Å²) in [5.74, 6) is -0.825. The fraction of sp³-hybridized carbons (Fsp3) is 0.571. The first-order valence-electron chi connectivity index (χ1n) is 3.85. The van der Waals surface area contributed by atoms with E-state index >= 15 is 0 Å². The van der Waals surface area contributed by atoms with Crippen molar-refractivity contribution < 1.29 is 9.90 Å². The first kappa shape index (κ1) is 10.0. The number of aliphatic carboxylic acids is 1. The lowest BCUT2D eigenvalue weighted by atomic mass is 10.4. The zero-order chi connectivity index (χ0) is 9.84. The molecule has 1 heterocycles. The van der Waals surface area contributed by atoms with E-state index in [1.807, 2.05) is 18.4 Å². The van der Waals surface area contributed by atoms with Crippen molar-refractivity contribution in [2.75, 3.05) is 5.75 Å². The quantitative estimate of drug-likeness (QED) is 0.737. The summed E-state index contributed by atoms with van der Waals surface area (Å²) in [5, 5.41) is 16.7. The number of carboxylic acid groups (broad SMARTS) is 1. The summed E-state index contributed by atoms with van der Waals surface area (Å²) in [5.41, 5.74) is 0. The van der Waals surface area contributed by atoms with Crippen LogP contribution in [0.2, 0.25) is 0 Å². The van der Waals surface area contributed by atoms with E-state index in [9.17, 15) is 4.79 Å². The summed E-state index contributed by atoms with van der Waals surface area (Å²) in [6, 6.07) is 0.256. The number of carboxylic acids is 1. The summed E-state index contributed by atoms with van der Waals surface area (Å²) in [7, 11) is 0. The van der Waals surface area contributed by atoms with Crippen molar-refractivity contribution >= 4 is 17.7 Å². The van der Waals surface area contributed by atoms with Crippen molar-refractivity contribution in [1.82, 2.24) is 14.8 Å². The predicted octanol–water partition coefficient (Wildman–Crippen LogP) is 1.04. The smallest absolute Gasteiger partial charge is 0.313 e. The normalized spacial score (nSPS) is 10.7. The molecule has 0 aliphatic heterocycles. The van der Waals surface area contributed by atoms with E-state index in [-0.39, 0.29) is 11.8 Å². The molecule has 0 radical (unpaired) electrons. The Bertz CT molecular complexity index is 298. The van der Waals surface area contributed by atoms with Gasteiger partial charge in [-0.1, -0.05) is 11.8 Å². The van der Waals surface area contributed by atoms with Crippen LogP contribution >= 0.6 is 11.8 Å². The van der Waals surface area contributed by atoms with Gasteiger partial charge in [-0.3, -0.25) is 4.79 Å². The summed E-state index contributed by atoms with van der Waals surface area (Å²) in [4.78, 5) is 10.3. The van der Waals surface area contributed by atoms with E-state index in [2.05, 4.69) is 10.2 Å². The maximum absolute atomic E-state index is 10.3. The Morgan fingerprint density at radius 3 is 3.00 bits per heavy atom. The summed E-state index contributed by atoms with van der Waals surface area (Å²) >= 11 is 1.18. The fourth-order valence-electron chi connectivity index (χ4n) is 0.816. The van der Waals surface area contributed by atoms with E-state index in [0.29, 0.717) is 5.16 Å². The van der Waals surface area contributed by atoms with Crippen LogP contribution in [0.15, 0.2) is 11.5 Å². The molecule has 0 unspecified atom stereocenters. The van der Waals surface area contributed by atoms with Crippen molar-refractivity contribution in [3.8, 4) is 0 Å². The molecule has 5 nitrogen and oxygen atoms in total. The van der Waals surface area contributed by atoms with Crippen LogP contribution in [0.5, 0.6) is 0 Å². The van der Waals surface area contributed by atoms with E-state index in [0.717, 1.165) is 0 Å². The second kappa shape index (κ2) is 4.27. The van der Waals surface area contributed by atoms with Crippen LogP contribution in [0.3, 0.4) is 0 Å². The minimum atomic E-state index is -0.844. The van der Waals surface area contributed by atoms with E-state index < -0.39 is 5.97 Å². The number of rotatable bonds is 4. The van der Waals surface area contributed by atoms with Gasteiger partial charge in [-0.05, 0) is 13.8 Å². The molecule has 0 spiro atoms. The fourth-order valence-corrected chi connectivity index (χ4v) is 1.58. The molecule has 1 aromatic heterocycles. The van der Waals surface area contributed by atoms with Crippen molar-refractivity contribution in [2.45, 2.75) is 25.0 Å². The summed E-state index contributed by atoms with van der Waals surface area (Å²) in [6.07, 6.45) is 1.61. The number of carbonyl (C=O) groups is 1. The Balaban J connectivity index is 2.65. The van der Waals surface area contributed by atoms with Gasteiger partial charge >= 0.3 is 5.97 Å². The molecule has 0 saturated heterocycles. The molecule has 0 bridgehead atoms. The lowest BCUT2D eigenvalue weighted by Gasteiger charge is -2.07. The predicted molar refractivity (Wildman–Crippen MR) is 48.8 cm³/mol. The molecule has 13 heavy (non-hydrogen) atoms. The van der Waals surface area contributed by atoms with Crippen LogP contribution in [0, 0.1) is 0 Å². The molecule has 6 heteroatoms. The third-order valence-electron chi connectivity index (χ3n) is 1.42. The molecule has 1 aromatic rings. The first-order chi connectivity index (χ1) is 6.11. The minimum absolute atomic E-state index is 0.0193. The minimum Gasteiger partial charge on any atom is -0.481 e. The highest BCUT2D eigenvalue weighted by Gasteiger charge is 2.09. The van der Waals surface area contributed by atoms with Crippen LogP contribution < -0.4 is 0 Å². The van der Waals surface area contributed by atoms with E-state index in [1.54, 1.807) is 6.33 Å². The zero-order valence-electron chi connectivity index (χ0n) is 7.47. The van der Waals surface area contributed by atoms with Crippen LogP contribution in [0.4, 0.5) is 0 Å². The van der Waals surface area contributed by atoms with Gasteiger partial charge in [0.05, 0.1) is 5.75 Å². The monoisotopic (exact) mass is 201 g/mol. The number of aromatic nitrogens is 3. The maximum atomic E-state index is 10.3. The highest BCUT2D eigenvalue weighted by Crippen LogP contribution is 2.17. The average Bonchev–Trinajstić information content (AvgIpc) is 2.47. The molecule has 1 N–H and O–H groups in total. The van der Waals surface area contributed by atoms with E-state index in [4.69, 9.17) is 5.11 Å². The molecule has 0 saturated carbocycles. The maximum Gasteiger partial charge on any atom is 0.313 e. The van der Waals surface area contributed by atoms with Gasteiger partial charge in [0, 0.05) is 6.04 Å². The number of hydrogen-bond donors (Lipinski definition) is 1. The van der Waals surface area contributed by atoms with Gasteiger partial charge in [0.15, 0.2) is 5.16 Å². The van der Waals surface area contributed by atoms with Crippen LogP contribution in [-0.2, 0) is 4.79 Å². The number of thioether (sulfide) groups is 1. The number of nitrogens with zero attached hydrogens (tertiary/aromatic N) is 3. The molecule has 72 valence electrons. The second-order valence-electron chi connectivity index (χ2n) is 2.80. The highest BCUT2D eigenvalue weighted by atomic mass is 32.2. The van der Waals surface area contributed by atoms with Crippen LogP contribution in [-0.4, -0.2) is 31.6 Å². The van der Waals surface area contributed by atoms with E-state index in [1.165, 1.54) is 11.8 Å².